The number of aromatic nitrogens is 1. The molecule has 0 spiro atoms. The summed E-state index contributed by atoms with van der Waals surface area (Å²) >= 11 is 12.6. The number of amides is 1. The van der Waals surface area contributed by atoms with Crippen molar-refractivity contribution in [2.24, 2.45) is 5.92 Å². The second kappa shape index (κ2) is 13.9. The number of alkyl halides is 3. The van der Waals surface area contributed by atoms with Crippen molar-refractivity contribution in [3.05, 3.63) is 109 Å². The molecule has 0 unspecified atom stereocenters. The number of nitrogens with zero attached hydrogens (tertiary/aromatic N) is 3. The number of hydrogen-bond donors (Lipinski definition) is 3. The minimum atomic E-state index is -4.70. The predicted octanol–water partition coefficient (Wildman–Crippen LogP) is 7.01. The Kier molecular flexibility index (Phi) is 9.92. The maximum Gasteiger partial charge on any atom is 0.416 e. The van der Waals surface area contributed by atoms with Crippen molar-refractivity contribution in [3.63, 3.8) is 0 Å². The fourth-order valence-electron chi connectivity index (χ4n) is 5.55. The van der Waals surface area contributed by atoms with Gasteiger partial charge in [0.05, 0.1) is 22.9 Å². The highest BCUT2D eigenvalue weighted by molar-refractivity contribution is 6.33. The second-order valence-corrected chi connectivity index (χ2v) is 12.0. The summed E-state index contributed by atoms with van der Waals surface area (Å²) in [5.41, 5.74) is -0.843. The molecule has 5 rings (SSSR count). The van der Waals surface area contributed by atoms with Gasteiger partial charge in [-0.15, -0.1) is 0 Å². The highest BCUT2D eigenvalue weighted by Crippen LogP contribution is 2.39. The number of H-pyrrole nitrogens is 1. The third-order valence-electron chi connectivity index (χ3n) is 8.07. The first kappa shape index (κ1) is 33.6. The SMILES string of the molecule is N#Cc1ccc(CN2CCC(C(=O)NCc3cc(Cl)cc(-c4cc(-c5cc(C(F)(F)F)ccc5Cl)c(C#N)c(=O)[nH]4)c3O)CC2)cc1. The van der Waals surface area contributed by atoms with Crippen LogP contribution < -0.4 is 10.9 Å². The molecule has 3 aromatic carbocycles. The first-order chi connectivity index (χ1) is 22.4. The predicted molar refractivity (Wildman–Crippen MR) is 170 cm³/mol. The van der Waals surface area contributed by atoms with Crippen LogP contribution in [0.1, 0.15) is 40.7 Å². The maximum atomic E-state index is 13.5. The molecule has 3 N–H and O–H groups in total. The van der Waals surface area contributed by atoms with E-state index in [4.69, 9.17) is 28.5 Å². The molecule has 0 saturated carbocycles. The van der Waals surface area contributed by atoms with Crippen LogP contribution in [0.25, 0.3) is 22.4 Å². The number of aromatic hydroxyl groups is 1. The Hall–Kier alpha value is -4.81. The van der Waals surface area contributed by atoms with Crippen LogP contribution in [-0.2, 0) is 24.1 Å². The molecule has 8 nitrogen and oxygen atoms in total. The molecule has 1 aliphatic rings. The van der Waals surface area contributed by atoms with Crippen LogP contribution >= 0.6 is 23.2 Å². The third-order valence-corrected chi connectivity index (χ3v) is 8.62. The van der Waals surface area contributed by atoms with E-state index in [1.807, 2.05) is 12.1 Å². The molecule has 240 valence electrons. The Morgan fingerprint density at radius 2 is 1.68 bits per heavy atom. The maximum absolute atomic E-state index is 13.5. The smallest absolute Gasteiger partial charge is 0.416 e. The summed E-state index contributed by atoms with van der Waals surface area (Å²) in [6.45, 7) is 2.03. The van der Waals surface area contributed by atoms with E-state index < -0.39 is 22.9 Å². The molecule has 1 saturated heterocycles. The molecule has 47 heavy (non-hydrogen) atoms. The topological polar surface area (TPSA) is 133 Å². The number of halogens is 5. The van der Waals surface area contributed by atoms with Crippen molar-refractivity contribution in [2.45, 2.75) is 32.1 Å². The summed E-state index contributed by atoms with van der Waals surface area (Å²) < 4.78 is 40.4. The molecule has 1 aromatic heterocycles. The van der Waals surface area contributed by atoms with E-state index in [0.717, 1.165) is 23.8 Å². The van der Waals surface area contributed by atoms with Crippen LogP contribution in [-0.4, -0.2) is 34.0 Å². The molecular formula is C34H26Cl2F3N5O3. The molecule has 4 aromatic rings. The highest BCUT2D eigenvalue weighted by Gasteiger charge is 2.32. The lowest BCUT2D eigenvalue weighted by atomic mass is 9.95. The van der Waals surface area contributed by atoms with Crippen LogP contribution in [0.3, 0.4) is 0 Å². The van der Waals surface area contributed by atoms with Crippen molar-refractivity contribution in [1.29, 1.82) is 10.5 Å². The number of aromatic amines is 1. The number of nitriles is 2. The summed E-state index contributed by atoms with van der Waals surface area (Å²) in [6.07, 6.45) is -3.45. The fraction of sp³-hybridized carbons (Fsp3) is 0.235. The number of pyridine rings is 1. The largest absolute Gasteiger partial charge is 0.507 e. The number of carbonyl (C=O) groups excluding carboxylic acids is 1. The zero-order chi connectivity index (χ0) is 33.9. The molecule has 0 aliphatic carbocycles. The number of nitrogens with one attached hydrogen (secondary N) is 2. The van der Waals surface area contributed by atoms with Gasteiger partial charge >= 0.3 is 6.18 Å². The first-order valence-corrected chi connectivity index (χ1v) is 15.2. The minimum Gasteiger partial charge on any atom is -0.507 e. The van der Waals surface area contributed by atoms with Crippen molar-refractivity contribution in [3.8, 4) is 40.3 Å². The third kappa shape index (κ3) is 7.61. The zero-order valence-corrected chi connectivity index (χ0v) is 26.1. The average molecular weight is 681 g/mol. The molecule has 0 atom stereocenters. The minimum absolute atomic E-state index is 0.0281. The molecule has 0 bridgehead atoms. The van der Waals surface area contributed by atoms with Gasteiger partial charge in [-0.05, 0) is 80.0 Å². The van der Waals surface area contributed by atoms with Crippen molar-refractivity contribution < 1.29 is 23.1 Å². The Morgan fingerprint density at radius 1 is 0.979 bits per heavy atom. The standard InChI is InChI=1S/C34H26Cl2F3N5O3/c35-24-11-22(17-42-32(46)21-7-9-44(10-8-21)18-20-3-1-19(15-40)2-4-20)31(45)27(13-24)30-14-25(28(16-41)33(47)43-30)26-12-23(34(37,38)39)5-6-29(26)36/h1-6,11-14,21,45H,7-10,17-18H2,(H,42,46)(H,43,47). The lowest BCUT2D eigenvalue weighted by Crippen LogP contribution is -2.40. The monoisotopic (exact) mass is 679 g/mol. The van der Waals surface area contributed by atoms with Gasteiger partial charge in [0.15, 0.2) is 0 Å². The molecule has 1 fully saturated rings. The van der Waals surface area contributed by atoms with E-state index in [1.165, 1.54) is 18.2 Å². The van der Waals surface area contributed by atoms with Crippen LogP contribution in [0.5, 0.6) is 5.75 Å². The number of phenols is 1. The molecule has 0 radical (unpaired) electrons. The van der Waals surface area contributed by atoms with Gasteiger partial charge in [0.25, 0.3) is 5.56 Å². The highest BCUT2D eigenvalue weighted by atomic mass is 35.5. The summed E-state index contributed by atoms with van der Waals surface area (Å²) in [5, 5.41) is 32.7. The van der Waals surface area contributed by atoms with E-state index in [1.54, 1.807) is 18.2 Å². The van der Waals surface area contributed by atoms with E-state index in [9.17, 15) is 33.1 Å². The summed E-state index contributed by atoms with van der Waals surface area (Å²) in [4.78, 5) is 30.7. The van der Waals surface area contributed by atoms with E-state index in [2.05, 4.69) is 21.3 Å². The van der Waals surface area contributed by atoms with Gasteiger partial charge in [0.1, 0.15) is 17.4 Å². The lowest BCUT2D eigenvalue weighted by Gasteiger charge is -2.31. The second-order valence-electron chi connectivity index (χ2n) is 11.1. The van der Waals surface area contributed by atoms with E-state index in [0.29, 0.717) is 38.0 Å². The van der Waals surface area contributed by atoms with Crippen LogP contribution in [0.4, 0.5) is 13.2 Å². The van der Waals surface area contributed by atoms with Crippen molar-refractivity contribution in [1.82, 2.24) is 15.2 Å². The van der Waals surface area contributed by atoms with Crippen LogP contribution in [0, 0.1) is 28.6 Å². The van der Waals surface area contributed by atoms with Crippen LogP contribution in [0.2, 0.25) is 10.0 Å². The molecule has 2 heterocycles. The number of rotatable bonds is 7. The number of likely N-dealkylation sites (tertiary alicyclic amines) is 1. The average Bonchev–Trinajstić information content (AvgIpc) is 3.04. The zero-order valence-electron chi connectivity index (χ0n) is 24.6. The van der Waals surface area contributed by atoms with Gasteiger partial charge in [-0.25, -0.2) is 0 Å². The van der Waals surface area contributed by atoms with Gasteiger partial charge in [-0.3, -0.25) is 14.5 Å². The van der Waals surface area contributed by atoms with Crippen LogP contribution in [0.15, 0.2) is 65.5 Å². The summed E-state index contributed by atoms with van der Waals surface area (Å²) in [6, 6.07) is 17.8. The number of carbonyl (C=O) groups is 1. The normalized spacial score (nSPS) is 13.9. The summed E-state index contributed by atoms with van der Waals surface area (Å²) in [7, 11) is 0. The number of hydrogen-bond acceptors (Lipinski definition) is 6. The Bertz CT molecular complexity index is 1970. The number of phenolic OH excluding ortho intramolecular Hbond substituents is 1. The van der Waals surface area contributed by atoms with Gasteiger partial charge in [0.2, 0.25) is 5.91 Å². The Balaban J connectivity index is 1.33. The molecular weight excluding hydrogens is 654 g/mol. The lowest BCUT2D eigenvalue weighted by molar-refractivity contribution is -0.137. The first-order valence-electron chi connectivity index (χ1n) is 14.4. The van der Waals surface area contributed by atoms with Crippen molar-refractivity contribution >= 4 is 29.1 Å². The number of benzene rings is 3. The molecule has 13 heteroatoms. The quantitative estimate of drug-likeness (QED) is 0.192. The van der Waals surface area contributed by atoms with Gasteiger partial charge < -0.3 is 15.4 Å². The summed E-state index contributed by atoms with van der Waals surface area (Å²) in [5.74, 6) is -0.770. The van der Waals surface area contributed by atoms with E-state index >= 15 is 0 Å². The number of piperidine rings is 1. The Morgan fingerprint density at radius 3 is 2.32 bits per heavy atom. The van der Waals surface area contributed by atoms with Crippen molar-refractivity contribution in [2.75, 3.05) is 13.1 Å². The fourth-order valence-corrected chi connectivity index (χ4v) is 6.01. The molecule has 1 aliphatic heterocycles. The molecule has 1 amide bonds. The van der Waals surface area contributed by atoms with E-state index in [-0.39, 0.29) is 62.1 Å². The van der Waals surface area contributed by atoms with Gasteiger partial charge in [0, 0.05) is 51.3 Å². The van der Waals surface area contributed by atoms with Gasteiger partial charge in [-0.2, -0.15) is 23.7 Å². The van der Waals surface area contributed by atoms with Gasteiger partial charge in [-0.1, -0.05) is 35.3 Å². The Labute approximate surface area is 277 Å².